The number of fused-ring (bicyclic) bond motifs is 3. The Bertz CT molecular complexity index is 1550. The van der Waals surface area contributed by atoms with Crippen molar-refractivity contribution in [2.24, 2.45) is 17.6 Å². The summed E-state index contributed by atoms with van der Waals surface area (Å²) in [5.41, 5.74) is 4.62. The summed E-state index contributed by atoms with van der Waals surface area (Å²) in [6.07, 6.45) is 0.208. The lowest BCUT2D eigenvalue weighted by molar-refractivity contribution is -0.148. The lowest BCUT2D eigenvalue weighted by Gasteiger charge is -2.50. The lowest BCUT2D eigenvalue weighted by Crippen LogP contribution is -2.63. The van der Waals surface area contributed by atoms with Crippen LogP contribution in [0.25, 0.3) is 11.1 Å². The smallest absolute Gasteiger partial charge is 0.255 e. The van der Waals surface area contributed by atoms with Crippen LogP contribution in [0.4, 0.5) is 4.39 Å². The number of aromatic hydroxyl groups is 1. The SMILES string of the molecule is CN(CCF)Cc1ccc(-c2ccc(O)c3c2C[C@H]2C[C@H]4[C@H](N(C)C)C(O)=C(C(N)=O)C(=O)[C@@]4(O)C(O)=C2C3=O)cc1. The molecule has 0 heterocycles. The van der Waals surface area contributed by atoms with E-state index in [2.05, 4.69) is 0 Å². The lowest BCUT2D eigenvalue weighted by atomic mass is 9.58. The number of rotatable bonds is 7. The molecule has 222 valence electrons. The summed E-state index contributed by atoms with van der Waals surface area (Å²) in [6, 6.07) is 9.62. The van der Waals surface area contributed by atoms with Crippen molar-refractivity contribution in [3.05, 3.63) is 75.8 Å². The Morgan fingerprint density at radius 1 is 1.07 bits per heavy atom. The average Bonchev–Trinajstić information content (AvgIpc) is 2.91. The molecular formula is C31H34FN3O7. The molecule has 0 radical (unpaired) electrons. The maximum Gasteiger partial charge on any atom is 0.255 e. The van der Waals surface area contributed by atoms with E-state index in [1.807, 2.05) is 36.2 Å². The molecule has 2 aromatic carbocycles. The average molecular weight is 580 g/mol. The van der Waals surface area contributed by atoms with Gasteiger partial charge in [-0.05, 0) is 68.2 Å². The maximum absolute atomic E-state index is 13.9. The van der Waals surface area contributed by atoms with Crippen LogP contribution in [0.15, 0.2) is 59.1 Å². The monoisotopic (exact) mass is 579 g/mol. The normalized spacial score (nSPS) is 25.5. The number of amides is 1. The molecule has 0 saturated carbocycles. The highest BCUT2D eigenvalue weighted by Crippen LogP contribution is 2.53. The van der Waals surface area contributed by atoms with Gasteiger partial charge in [-0.25, -0.2) is 4.39 Å². The number of Topliss-reactive ketones (excluding diaryl/α,β-unsaturated/α-hetero) is 2. The van der Waals surface area contributed by atoms with Gasteiger partial charge in [0.15, 0.2) is 11.4 Å². The molecule has 0 aromatic heterocycles. The number of halogens is 1. The Kier molecular flexibility index (Phi) is 7.46. The van der Waals surface area contributed by atoms with Crippen molar-refractivity contribution in [3.8, 4) is 16.9 Å². The minimum absolute atomic E-state index is 0.0146. The second-order valence-electron chi connectivity index (χ2n) is 11.6. The van der Waals surface area contributed by atoms with Gasteiger partial charge in [-0.3, -0.25) is 24.2 Å². The van der Waals surface area contributed by atoms with Gasteiger partial charge in [-0.2, -0.15) is 0 Å². The molecular weight excluding hydrogens is 545 g/mol. The minimum Gasteiger partial charge on any atom is -0.510 e. The number of hydrogen-bond donors (Lipinski definition) is 5. The first-order chi connectivity index (χ1) is 19.8. The third kappa shape index (κ3) is 4.39. The number of carbonyl (C=O) groups excluding carboxylic acids is 3. The Labute approximate surface area is 242 Å². The standard InChI is InChI=1S/C31H34FN3O7/c1-34(2)25-20-13-17-12-19-18(16-6-4-15(5-7-16)14-35(3)11-10-32)8-9-21(36)23(19)26(37)22(17)28(39)31(20,42)29(40)24(27(25)38)30(33)41/h4-9,17,20,25,36,38-39,42H,10-14H2,1-3H3,(H2,33,41)/t17-,20-,25-,31-/m0/s1. The van der Waals surface area contributed by atoms with Gasteiger partial charge in [0.2, 0.25) is 5.78 Å². The van der Waals surface area contributed by atoms with Gasteiger partial charge in [0.1, 0.15) is 29.5 Å². The first-order valence-corrected chi connectivity index (χ1v) is 13.7. The highest BCUT2D eigenvalue weighted by atomic mass is 19.1. The van der Waals surface area contributed by atoms with Crippen molar-refractivity contribution in [2.75, 3.05) is 34.4 Å². The van der Waals surface area contributed by atoms with Crippen molar-refractivity contribution in [2.45, 2.75) is 31.0 Å². The summed E-state index contributed by atoms with van der Waals surface area (Å²) in [4.78, 5) is 42.8. The van der Waals surface area contributed by atoms with E-state index in [4.69, 9.17) is 5.73 Å². The zero-order valence-electron chi connectivity index (χ0n) is 23.6. The molecule has 11 heteroatoms. The number of likely N-dealkylation sites (N-methyl/N-ethyl adjacent to an activating group) is 1. The Morgan fingerprint density at radius 2 is 1.74 bits per heavy atom. The molecule has 4 atom stereocenters. The number of hydrogen-bond acceptors (Lipinski definition) is 9. The predicted molar refractivity (Wildman–Crippen MR) is 151 cm³/mol. The fourth-order valence-electron chi connectivity index (χ4n) is 6.85. The van der Waals surface area contributed by atoms with Crippen LogP contribution >= 0.6 is 0 Å². The van der Waals surface area contributed by atoms with Crippen LogP contribution in [0.2, 0.25) is 0 Å². The van der Waals surface area contributed by atoms with E-state index >= 15 is 0 Å². The fraction of sp³-hybridized carbons (Fsp3) is 0.387. The predicted octanol–water partition coefficient (Wildman–Crippen LogP) is 2.19. The van der Waals surface area contributed by atoms with Gasteiger partial charge in [0.05, 0.1) is 11.6 Å². The minimum atomic E-state index is -2.68. The van der Waals surface area contributed by atoms with Crippen LogP contribution in [-0.2, 0) is 22.6 Å². The zero-order valence-corrected chi connectivity index (χ0v) is 23.6. The summed E-state index contributed by atoms with van der Waals surface area (Å²) in [5, 5.41) is 44.9. The molecule has 2 aromatic rings. The molecule has 10 nitrogen and oxygen atoms in total. The molecule has 0 unspecified atom stereocenters. The van der Waals surface area contributed by atoms with Crippen molar-refractivity contribution >= 4 is 17.5 Å². The molecule has 0 aliphatic heterocycles. The molecule has 6 N–H and O–H groups in total. The quantitative estimate of drug-likeness (QED) is 0.309. The number of aliphatic hydroxyl groups is 3. The van der Waals surface area contributed by atoms with Crippen molar-refractivity contribution < 1.29 is 39.2 Å². The number of aliphatic hydroxyl groups excluding tert-OH is 2. The number of nitrogens with two attached hydrogens (primary N) is 1. The molecule has 0 spiro atoms. The third-order valence-corrected chi connectivity index (χ3v) is 8.79. The van der Waals surface area contributed by atoms with Crippen LogP contribution in [0.1, 0.15) is 27.9 Å². The van der Waals surface area contributed by atoms with Crippen molar-refractivity contribution in [1.82, 2.24) is 9.80 Å². The van der Waals surface area contributed by atoms with E-state index in [1.54, 1.807) is 20.2 Å². The van der Waals surface area contributed by atoms with Crippen LogP contribution in [0.3, 0.4) is 0 Å². The number of benzene rings is 2. The molecule has 0 saturated heterocycles. The number of nitrogens with zero attached hydrogens (tertiary/aromatic N) is 2. The highest BCUT2D eigenvalue weighted by Gasteiger charge is 2.63. The summed E-state index contributed by atoms with van der Waals surface area (Å²) in [6.45, 7) is 0.424. The largest absolute Gasteiger partial charge is 0.510 e. The Morgan fingerprint density at radius 3 is 2.33 bits per heavy atom. The van der Waals surface area contributed by atoms with Gasteiger partial charge in [0.25, 0.3) is 5.91 Å². The third-order valence-electron chi connectivity index (χ3n) is 8.79. The maximum atomic E-state index is 13.9. The summed E-state index contributed by atoms with van der Waals surface area (Å²) in [7, 11) is 5.00. The number of phenolic OH excluding ortho intramolecular Hbond substituents is 1. The molecule has 42 heavy (non-hydrogen) atoms. The molecule has 5 rings (SSSR count). The summed E-state index contributed by atoms with van der Waals surface area (Å²) < 4.78 is 12.7. The zero-order chi connectivity index (χ0) is 30.7. The topological polar surface area (TPSA) is 165 Å². The van der Waals surface area contributed by atoms with E-state index < -0.39 is 64.7 Å². The van der Waals surface area contributed by atoms with E-state index in [1.165, 1.54) is 11.0 Å². The first kappa shape index (κ1) is 29.4. The van der Waals surface area contributed by atoms with Gasteiger partial charge in [-0.15, -0.1) is 0 Å². The number of alkyl halides is 1. The van der Waals surface area contributed by atoms with E-state index in [0.29, 0.717) is 24.2 Å². The number of primary amides is 1. The Hall–Kier alpha value is -4.06. The number of ketones is 2. The van der Waals surface area contributed by atoms with Gasteiger partial charge in [0, 0.05) is 24.6 Å². The molecule has 0 bridgehead atoms. The summed E-state index contributed by atoms with van der Waals surface area (Å²) in [5.74, 6) is -6.84. The van der Waals surface area contributed by atoms with E-state index in [-0.39, 0.29) is 29.7 Å². The number of allylic oxidation sites excluding steroid dienone is 1. The molecule has 3 aliphatic rings. The summed E-state index contributed by atoms with van der Waals surface area (Å²) >= 11 is 0. The van der Waals surface area contributed by atoms with Crippen molar-refractivity contribution in [1.29, 1.82) is 0 Å². The van der Waals surface area contributed by atoms with Gasteiger partial charge in [-0.1, -0.05) is 30.3 Å². The van der Waals surface area contributed by atoms with Crippen LogP contribution < -0.4 is 5.73 Å². The number of phenols is 1. The number of carbonyl (C=O) groups is 3. The molecule has 1 amide bonds. The molecule has 0 fully saturated rings. The molecule has 3 aliphatic carbocycles. The second-order valence-corrected chi connectivity index (χ2v) is 11.6. The van der Waals surface area contributed by atoms with E-state index in [0.717, 1.165) is 11.1 Å². The van der Waals surface area contributed by atoms with Gasteiger partial charge < -0.3 is 26.2 Å². The van der Waals surface area contributed by atoms with Crippen LogP contribution in [-0.4, -0.2) is 93.7 Å². The van der Waals surface area contributed by atoms with Crippen LogP contribution in [0, 0.1) is 11.8 Å². The van der Waals surface area contributed by atoms with Crippen molar-refractivity contribution in [3.63, 3.8) is 0 Å². The first-order valence-electron chi connectivity index (χ1n) is 13.7. The second kappa shape index (κ2) is 10.6. The Balaban J connectivity index is 1.61. The van der Waals surface area contributed by atoms with Gasteiger partial charge >= 0.3 is 0 Å². The van der Waals surface area contributed by atoms with E-state index in [9.17, 15) is 39.2 Å². The fourth-order valence-corrected chi connectivity index (χ4v) is 6.85. The van der Waals surface area contributed by atoms with Crippen LogP contribution in [0.5, 0.6) is 5.75 Å². The highest BCUT2D eigenvalue weighted by molar-refractivity contribution is 6.24.